The molecule has 4 N–H and O–H groups in total. The zero-order valence-corrected chi connectivity index (χ0v) is 18.6. The lowest BCUT2D eigenvalue weighted by Crippen LogP contribution is -2.42. The number of amides is 2. The second kappa shape index (κ2) is 10.3. The van der Waals surface area contributed by atoms with Gasteiger partial charge in [-0.2, -0.15) is 0 Å². The van der Waals surface area contributed by atoms with Crippen molar-refractivity contribution in [1.82, 2.24) is 10.6 Å². The van der Waals surface area contributed by atoms with Crippen molar-refractivity contribution in [2.75, 3.05) is 19.7 Å². The van der Waals surface area contributed by atoms with Gasteiger partial charge in [0.15, 0.2) is 0 Å². The van der Waals surface area contributed by atoms with E-state index in [9.17, 15) is 19.5 Å². The molecular formula is C25H28N2O6. The van der Waals surface area contributed by atoms with Crippen molar-refractivity contribution >= 4 is 18.0 Å². The summed E-state index contributed by atoms with van der Waals surface area (Å²) >= 11 is 0. The number of carboxylic acids is 1. The van der Waals surface area contributed by atoms with Crippen LogP contribution in [0.15, 0.2) is 60.2 Å². The van der Waals surface area contributed by atoms with E-state index < -0.39 is 30.0 Å². The van der Waals surface area contributed by atoms with E-state index in [-0.39, 0.29) is 25.6 Å². The molecule has 2 aromatic rings. The van der Waals surface area contributed by atoms with Crippen LogP contribution in [0.1, 0.15) is 37.3 Å². The number of fused-ring (bicyclic) bond motifs is 3. The van der Waals surface area contributed by atoms with Crippen molar-refractivity contribution < 1.29 is 29.3 Å². The Morgan fingerprint density at radius 3 is 2.18 bits per heavy atom. The number of carbonyl (C=O) groups excluding carboxylic acids is 2. The lowest BCUT2D eigenvalue weighted by molar-refractivity contribution is -0.142. The zero-order chi connectivity index (χ0) is 24.0. The van der Waals surface area contributed by atoms with Gasteiger partial charge in [-0.15, -0.1) is 0 Å². The maximum atomic E-state index is 12.2. The lowest BCUT2D eigenvalue weighted by Gasteiger charge is -2.21. The molecular weight excluding hydrogens is 424 g/mol. The molecule has 1 aliphatic carbocycles. The Morgan fingerprint density at radius 1 is 1.03 bits per heavy atom. The van der Waals surface area contributed by atoms with Crippen molar-refractivity contribution in [3.8, 4) is 11.1 Å². The van der Waals surface area contributed by atoms with Crippen LogP contribution in [0.5, 0.6) is 0 Å². The molecule has 33 heavy (non-hydrogen) atoms. The number of alkyl carbamates (subject to hydrolysis) is 1. The van der Waals surface area contributed by atoms with E-state index in [1.54, 1.807) is 6.92 Å². The Labute approximate surface area is 192 Å². The quantitative estimate of drug-likeness (QED) is 0.434. The molecule has 0 fully saturated rings. The highest BCUT2D eigenvalue weighted by atomic mass is 16.5. The number of hydrogen-bond acceptors (Lipinski definition) is 5. The van der Waals surface area contributed by atoms with Crippen molar-refractivity contribution in [1.29, 1.82) is 0 Å². The largest absolute Gasteiger partial charge is 0.481 e. The predicted molar refractivity (Wildman–Crippen MR) is 123 cm³/mol. The summed E-state index contributed by atoms with van der Waals surface area (Å²) in [7, 11) is 0. The Bertz CT molecular complexity index is 1030. The fraction of sp³-hybridized carbons (Fsp3) is 0.320. The van der Waals surface area contributed by atoms with E-state index in [1.165, 1.54) is 13.0 Å². The van der Waals surface area contributed by atoms with Gasteiger partial charge in [-0.1, -0.05) is 54.6 Å². The molecule has 0 spiro atoms. The third-order valence-corrected chi connectivity index (χ3v) is 5.52. The molecule has 1 unspecified atom stereocenters. The first-order chi connectivity index (χ1) is 15.7. The molecule has 2 aromatic carbocycles. The van der Waals surface area contributed by atoms with Crippen LogP contribution in [0.3, 0.4) is 0 Å². The predicted octanol–water partition coefficient (Wildman–Crippen LogP) is 2.81. The van der Waals surface area contributed by atoms with E-state index >= 15 is 0 Å². The van der Waals surface area contributed by atoms with Gasteiger partial charge in [0.1, 0.15) is 6.61 Å². The van der Waals surface area contributed by atoms with Crippen LogP contribution in [0.2, 0.25) is 0 Å². The van der Waals surface area contributed by atoms with Crippen LogP contribution >= 0.6 is 0 Å². The summed E-state index contributed by atoms with van der Waals surface area (Å²) in [6.45, 7) is 2.96. The van der Waals surface area contributed by atoms with Crippen LogP contribution in [0.25, 0.3) is 11.1 Å². The smallest absolute Gasteiger partial charge is 0.407 e. The van der Waals surface area contributed by atoms with Gasteiger partial charge in [0.2, 0.25) is 5.91 Å². The van der Waals surface area contributed by atoms with Crippen molar-refractivity contribution in [2.24, 2.45) is 0 Å². The van der Waals surface area contributed by atoms with Gasteiger partial charge in [-0.25, -0.2) is 4.79 Å². The van der Waals surface area contributed by atoms with Gasteiger partial charge in [0.25, 0.3) is 0 Å². The van der Waals surface area contributed by atoms with Gasteiger partial charge >= 0.3 is 12.1 Å². The minimum absolute atomic E-state index is 0.0372. The molecule has 0 saturated heterocycles. The van der Waals surface area contributed by atoms with Crippen molar-refractivity contribution in [3.63, 3.8) is 0 Å². The average molecular weight is 453 g/mol. The van der Waals surface area contributed by atoms with Crippen molar-refractivity contribution in [3.05, 3.63) is 71.3 Å². The first-order valence-corrected chi connectivity index (χ1v) is 10.7. The molecule has 0 aromatic heterocycles. The Kier molecular flexibility index (Phi) is 7.50. The van der Waals surface area contributed by atoms with Crippen LogP contribution in [0.4, 0.5) is 4.79 Å². The Morgan fingerprint density at radius 2 is 1.61 bits per heavy atom. The van der Waals surface area contributed by atoms with Crippen LogP contribution in [-0.4, -0.2) is 53.5 Å². The summed E-state index contributed by atoms with van der Waals surface area (Å²) in [4.78, 5) is 35.0. The number of carboxylic acid groups (broad SMARTS) is 1. The number of aliphatic carboxylic acids is 1. The normalized spacial score (nSPS) is 14.6. The van der Waals surface area contributed by atoms with E-state index in [0.29, 0.717) is 5.57 Å². The molecule has 0 saturated carbocycles. The second-order valence-electron chi connectivity index (χ2n) is 8.34. The number of rotatable bonds is 9. The van der Waals surface area contributed by atoms with E-state index in [0.717, 1.165) is 22.3 Å². The molecule has 1 aliphatic rings. The Hall–Kier alpha value is -3.65. The molecule has 2 amide bonds. The molecule has 0 heterocycles. The summed E-state index contributed by atoms with van der Waals surface area (Å²) in [6.07, 6.45) is 0.438. The zero-order valence-electron chi connectivity index (χ0n) is 18.6. The molecule has 0 aliphatic heterocycles. The van der Waals surface area contributed by atoms with Crippen molar-refractivity contribution in [2.45, 2.75) is 31.8 Å². The van der Waals surface area contributed by atoms with Gasteiger partial charge in [-0.3, -0.25) is 9.59 Å². The second-order valence-corrected chi connectivity index (χ2v) is 8.34. The first-order valence-electron chi connectivity index (χ1n) is 10.7. The average Bonchev–Trinajstić information content (AvgIpc) is 3.09. The summed E-state index contributed by atoms with van der Waals surface area (Å²) in [5.74, 6) is -1.66. The fourth-order valence-corrected chi connectivity index (χ4v) is 3.83. The number of nitrogens with one attached hydrogen (secondary N) is 2. The molecule has 174 valence electrons. The number of ether oxygens (including phenoxy) is 1. The number of carbonyl (C=O) groups is 3. The van der Waals surface area contributed by atoms with Gasteiger partial charge in [0, 0.05) is 24.6 Å². The molecule has 8 heteroatoms. The third-order valence-electron chi connectivity index (χ3n) is 5.52. The number of aliphatic hydroxyl groups is 1. The molecule has 1 atom stereocenters. The molecule has 8 nitrogen and oxygen atoms in total. The van der Waals surface area contributed by atoms with Gasteiger partial charge in [-0.05, 0) is 36.1 Å². The molecule has 0 radical (unpaired) electrons. The SMILES string of the molecule is C/C(=C\CNC(=O)OCC1c2ccccc2-c2ccccc21)C(=O)NCC(C)(O)CC(=O)O. The monoisotopic (exact) mass is 452 g/mol. The highest BCUT2D eigenvalue weighted by Crippen LogP contribution is 2.44. The van der Waals surface area contributed by atoms with E-state index in [4.69, 9.17) is 9.84 Å². The standard InChI is InChI=1S/C25H28N2O6/c1-16(23(30)27-15-25(2,32)13-22(28)29)11-12-26-24(31)33-14-21-19-9-5-3-7-17(19)18-8-4-6-10-20(18)21/h3-11,21,32H,12-15H2,1-2H3,(H,26,31)(H,27,30)(H,28,29)/b16-11+. The highest BCUT2D eigenvalue weighted by Gasteiger charge is 2.29. The maximum absolute atomic E-state index is 12.2. The Balaban J connectivity index is 1.48. The van der Waals surface area contributed by atoms with Gasteiger partial charge in [0.05, 0.1) is 12.0 Å². The van der Waals surface area contributed by atoms with Gasteiger partial charge < -0.3 is 25.6 Å². The number of hydrogen-bond donors (Lipinski definition) is 4. The minimum Gasteiger partial charge on any atom is -0.481 e. The lowest BCUT2D eigenvalue weighted by atomic mass is 9.98. The van der Waals surface area contributed by atoms with Crippen LogP contribution in [-0.2, 0) is 14.3 Å². The molecule has 0 bridgehead atoms. The van der Waals surface area contributed by atoms with Crippen LogP contribution < -0.4 is 10.6 Å². The summed E-state index contributed by atoms with van der Waals surface area (Å²) in [5.41, 5.74) is 3.31. The van der Waals surface area contributed by atoms with Crippen LogP contribution in [0, 0.1) is 0 Å². The minimum atomic E-state index is -1.55. The first kappa shape index (κ1) is 24.0. The maximum Gasteiger partial charge on any atom is 0.407 e. The fourth-order valence-electron chi connectivity index (χ4n) is 3.83. The topological polar surface area (TPSA) is 125 Å². The van der Waals surface area contributed by atoms with E-state index in [1.807, 2.05) is 36.4 Å². The number of benzene rings is 2. The molecule has 3 rings (SSSR count). The summed E-state index contributed by atoms with van der Waals surface area (Å²) in [6, 6.07) is 16.1. The third kappa shape index (κ3) is 6.20. The summed E-state index contributed by atoms with van der Waals surface area (Å²) in [5, 5.41) is 23.8. The van der Waals surface area contributed by atoms with E-state index in [2.05, 4.69) is 22.8 Å². The summed E-state index contributed by atoms with van der Waals surface area (Å²) < 4.78 is 5.44. The highest BCUT2D eigenvalue weighted by molar-refractivity contribution is 5.92.